The topological polar surface area (TPSA) is 105 Å². The van der Waals surface area contributed by atoms with Gasteiger partial charge in [0, 0.05) is 12.5 Å². The minimum Gasteiger partial charge on any atom is -0.478 e. The lowest BCUT2D eigenvalue weighted by Crippen LogP contribution is -2.49. The predicted molar refractivity (Wildman–Crippen MR) is 132 cm³/mol. The van der Waals surface area contributed by atoms with Crippen molar-refractivity contribution in [2.24, 2.45) is 5.92 Å². The van der Waals surface area contributed by atoms with Crippen molar-refractivity contribution in [3.05, 3.63) is 95.1 Å². The van der Waals surface area contributed by atoms with E-state index in [9.17, 15) is 14.4 Å². The van der Waals surface area contributed by atoms with Crippen molar-refractivity contribution in [3.8, 4) is 11.1 Å². The molecule has 1 atom stereocenters. The zero-order valence-electron chi connectivity index (χ0n) is 19.7. The van der Waals surface area contributed by atoms with Gasteiger partial charge in [0.1, 0.15) is 12.6 Å². The number of carbonyl (C=O) groups excluding carboxylic acids is 2. The van der Waals surface area contributed by atoms with Gasteiger partial charge in [0.05, 0.1) is 5.56 Å². The number of alkyl carbamates (subject to hydrolysis) is 1. The van der Waals surface area contributed by atoms with Crippen LogP contribution in [0.4, 0.5) is 4.79 Å². The van der Waals surface area contributed by atoms with Crippen LogP contribution in [-0.4, -0.2) is 35.7 Å². The van der Waals surface area contributed by atoms with Gasteiger partial charge in [0.15, 0.2) is 0 Å². The highest BCUT2D eigenvalue weighted by molar-refractivity contribution is 5.88. The number of ether oxygens (including phenoxy) is 1. The highest BCUT2D eigenvalue weighted by atomic mass is 16.5. The molecule has 4 rings (SSSR count). The summed E-state index contributed by atoms with van der Waals surface area (Å²) in [5.41, 5.74) is 5.31. The van der Waals surface area contributed by atoms with Crippen LogP contribution in [0.25, 0.3) is 11.1 Å². The van der Waals surface area contributed by atoms with Crippen molar-refractivity contribution in [2.45, 2.75) is 32.4 Å². The number of carbonyl (C=O) groups is 3. The van der Waals surface area contributed by atoms with Crippen LogP contribution >= 0.6 is 0 Å². The fraction of sp³-hybridized carbons (Fsp3) is 0.250. The molecule has 0 aliphatic heterocycles. The van der Waals surface area contributed by atoms with Gasteiger partial charge in [-0.2, -0.15) is 0 Å². The van der Waals surface area contributed by atoms with Gasteiger partial charge < -0.3 is 20.5 Å². The number of carboxylic acids is 1. The van der Waals surface area contributed by atoms with Gasteiger partial charge >= 0.3 is 12.1 Å². The number of carboxylic acid groups (broad SMARTS) is 1. The van der Waals surface area contributed by atoms with E-state index in [0.29, 0.717) is 5.56 Å². The molecule has 180 valence electrons. The van der Waals surface area contributed by atoms with E-state index in [-0.39, 0.29) is 36.5 Å². The molecular weight excluding hydrogens is 444 g/mol. The van der Waals surface area contributed by atoms with E-state index in [1.807, 2.05) is 50.2 Å². The lowest BCUT2D eigenvalue weighted by molar-refractivity contribution is -0.124. The molecule has 0 aromatic heterocycles. The molecule has 2 amide bonds. The second-order valence-corrected chi connectivity index (χ2v) is 8.91. The SMILES string of the molecule is CC(C)[C@H](NC(=O)OCC1c2ccccc2-c2ccccc21)C(=O)NCc1cccc(C(=O)O)c1. The van der Waals surface area contributed by atoms with E-state index in [2.05, 4.69) is 22.8 Å². The first-order chi connectivity index (χ1) is 16.8. The second-order valence-electron chi connectivity index (χ2n) is 8.91. The van der Waals surface area contributed by atoms with Crippen LogP contribution in [0, 0.1) is 5.92 Å². The van der Waals surface area contributed by atoms with Crippen molar-refractivity contribution in [1.29, 1.82) is 0 Å². The monoisotopic (exact) mass is 472 g/mol. The second kappa shape index (κ2) is 10.4. The first-order valence-electron chi connectivity index (χ1n) is 11.6. The van der Waals surface area contributed by atoms with Crippen molar-refractivity contribution in [3.63, 3.8) is 0 Å². The molecule has 0 saturated heterocycles. The zero-order chi connectivity index (χ0) is 24.9. The van der Waals surface area contributed by atoms with Gasteiger partial charge in [-0.15, -0.1) is 0 Å². The van der Waals surface area contributed by atoms with Crippen molar-refractivity contribution >= 4 is 18.0 Å². The van der Waals surface area contributed by atoms with Gasteiger partial charge in [-0.3, -0.25) is 4.79 Å². The minimum atomic E-state index is -1.03. The normalized spacial score (nSPS) is 13.0. The summed E-state index contributed by atoms with van der Waals surface area (Å²) in [7, 11) is 0. The number of hydrogen-bond acceptors (Lipinski definition) is 4. The van der Waals surface area contributed by atoms with E-state index >= 15 is 0 Å². The first kappa shape index (κ1) is 24.0. The summed E-state index contributed by atoms with van der Waals surface area (Å²) < 4.78 is 5.58. The fourth-order valence-electron chi connectivity index (χ4n) is 4.42. The summed E-state index contributed by atoms with van der Waals surface area (Å²) in [5, 5.41) is 14.6. The lowest BCUT2D eigenvalue weighted by Gasteiger charge is -2.22. The summed E-state index contributed by atoms with van der Waals surface area (Å²) in [6.07, 6.45) is -0.659. The van der Waals surface area contributed by atoms with E-state index in [0.717, 1.165) is 22.3 Å². The molecule has 7 heteroatoms. The number of amides is 2. The van der Waals surface area contributed by atoms with E-state index in [4.69, 9.17) is 9.84 Å². The number of rotatable bonds is 8. The van der Waals surface area contributed by atoms with Crippen LogP contribution in [0.5, 0.6) is 0 Å². The van der Waals surface area contributed by atoms with E-state index in [1.54, 1.807) is 12.1 Å². The number of benzene rings is 3. The third-order valence-electron chi connectivity index (χ3n) is 6.21. The molecule has 1 aliphatic carbocycles. The Morgan fingerprint density at radius 2 is 1.54 bits per heavy atom. The molecule has 0 bridgehead atoms. The Balaban J connectivity index is 1.37. The van der Waals surface area contributed by atoms with Crippen LogP contribution in [0.3, 0.4) is 0 Å². The number of aromatic carboxylic acids is 1. The number of hydrogen-bond donors (Lipinski definition) is 3. The quantitative estimate of drug-likeness (QED) is 0.446. The Morgan fingerprint density at radius 1 is 0.914 bits per heavy atom. The largest absolute Gasteiger partial charge is 0.478 e. The zero-order valence-corrected chi connectivity index (χ0v) is 19.7. The highest BCUT2D eigenvalue weighted by Crippen LogP contribution is 2.44. The third-order valence-corrected chi connectivity index (χ3v) is 6.21. The molecule has 0 fully saturated rings. The first-order valence-corrected chi connectivity index (χ1v) is 11.6. The standard InChI is InChI=1S/C28H28N2O5/c1-17(2)25(26(31)29-15-18-8-7-9-19(14-18)27(32)33)30-28(34)35-16-24-22-12-5-3-10-20(22)21-11-4-6-13-23(21)24/h3-14,17,24-25H,15-16H2,1-2H3,(H,29,31)(H,30,34)(H,32,33)/t25-/m0/s1. The maximum atomic E-state index is 12.8. The van der Waals surface area contributed by atoms with Crippen LogP contribution in [-0.2, 0) is 16.1 Å². The molecule has 0 radical (unpaired) electrons. The minimum absolute atomic E-state index is 0.0685. The summed E-state index contributed by atoms with van der Waals surface area (Å²) in [6, 6.07) is 21.7. The Bertz CT molecular complexity index is 1210. The molecule has 0 saturated carbocycles. The molecule has 35 heavy (non-hydrogen) atoms. The Morgan fingerprint density at radius 3 is 2.14 bits per heavy atom. The smallest absolute Gasteiger partial charge is 0.407 e. The number of fused-ring (bicyclic) bond motifs is 3. The molecule has 0 heterocycles. The molecule has 0 unspecified atom stereocenters. The maximum Gasteiger partial charge on any atom is 0.407 e. The maximum absolute atomic E-state index is 12.8. The van der Waals surface area contributed by atoms with Gasteiger partial charge in [-0.1, -0.05) is 74.5 Å². The average Bonchev–Trinajstić information content (AvgIpc) is 3.18. The summed E-state index contributed by atoms with van der Waals surface area (Å²) in [5.74, 6) is -1.65. The molecule has 0 spiro atoms. The Hall–Kier alpha value is -4.13. The van der Waals surface area contributed by atoms with Gasteiger partial charge in [0.2, 0.25) is 5.91 Å². The average molecular weight is 473 g/mol. The van der Waals surface area contributed by atoms with Gasteiger partial charge in [0.25, 0.3) is 0 Å². The Kier molecular flexibility index (Phi) is 7.15. The van der Waals surface area contributed by atoms with Crippen molar-refractivity contribution in [1.82, 2.24) is 10.6 Å². The highest BCUT2D eigenvalue weighted by Gasteiger charge is 2.30. The fourth-order valence-corrected chi connectivity index (χ4v) is 4.42. The van der Waals surface area contributed by atoms with Crippen LogP contribution in [0.1, 0.15) is 46.8 Å². The summed E-state index contributed by atoms with van der Waals surface area (Å²) in [4.78, 5) is 36.6. The molecule has 3 aromatic rings. The van der Waals surface area contributed by atoms with E-state index < -0.39 is 18.1 Å². The molecule has 3 aromatic carbocycles. The van der Waals surface area contributed by atoms with Gasteiger partial charge in [-0.25, -0.2) is 9.59 Å². The third kappa shape index (κ3) is 5.35. The van der Waals surface area contributed by atoms with Crippen molar-refractivity contribution in [2.75, 3.05) is 6.61 Å². The molecule has 1 aliphatic rings. The number of nitrogens with one attached hydrogen (secondary N) is 2. The Labute approximate surface area is 204 Å². The van der Waals surface area contributed by atoms with Crippen LogP contribution < -0.4 is 10.6 Å². The van der Waals surface area contributed by atoms with E-state index in [1.165, 1.54) is 12.1 Å². The molecular formula is C28H28N2O5. The summed E-state index contributed by atoms with van der Waals surface area (Å²) in [6.45, 7) is 3.97. The molecule has 3 N–H and O–H groups in total. The van der Waals surface area contributed by atoms with Gasteiger partial charge in [-0.05, 0) is 45.9 Å². The van der Waals surface area contributed by atoms with Crippen LogP contribution in [0.2, 0.25) is 0 Å². The summed E-state index contributed by atoms with van der Waals surface area (Å²) >= 11 is 0. The lowest BCUT2D eigenvalue weighted by atomic mass is 9.98. The predicted octanol–water partition coefficient (Wildman–Crippen LogP) is 4.56. The van der Waals surface area contributed by atoms with Crippen LogP contribution in [0.15, 0.2) is 72.8 Å². The molecule has 7 nitrogen and oxygen atoms in total. The van der Waals surface area contributed by atoms with Crippen molar-refractivity contribution < 1.29 is 24.2 Å².